The molecule has 1 saturated heterocycles. The van der Waals surface area contributed by atoms with Gasteiger partial charge in [-0.25, -0.2) is 4.79 Å². The minimum atomic E-state index is -0.972. The number of methoxy groups -OCH3 is 1. The van der Waals surface area contributed by atoms with Crippen LogP contribution in [0, 0.1) is 0 Å². The second-order valence-corrected chi connectivity index (χ2v) is 8.64. The van der Waals surface area contributed by atoms with Crippen molar-refractivity contribution in [3.8, 4) is 11.1 Å². The molecule has 2 N–H and O–H groups in total. The Bertz CT molecular complexity index is 1030. The summed E-state index contributed by atoms with van der Waals surface area (Å²) in [4.78, 5) is 37.7. The fourth-order valence-corrected chi connectivity index (χ4v) is 4.74. The quantitative estimate of drug-likeness (QED) is 0.565. The van der Waals surface area contributed by atoms with Crippen molar-refractivity contribution in [2.75, 3.05) is 40.0 Å². The maximum absolute atomic E-state index is 12.8. The van der Waals surface area contributed by atoms with Gasteiger partial charge in [-0.15, -0.1) is 0 Å². The number of nitrogens with one attached hydrogen (secondary N) is 1. The van der Waals surface area contributed by atoms with Gasteiger partial charge in [0.25, 0.3) is 5.91 Å². The van der Waals surface area contributed by atoms with E-state index < -0.39 is 24.3 Å². The Hall–Kier alpha value is -3.43. The van der Waals surface area contributed by atoms with Crippen molar-refractivity contribution in [1.29, 1.82) is 0 Å². The summed E-state index contributed by atoms with van der Waals surface area (Å²) in [7, 11) is 1.44. The average Bonchev–Trinajstić information content (AvgIpc) is 3.18. The van der Waals surface area contributed by atoms with Crippen LogP contribution in [0.15, 0.2) is 48.5 Å². The van der Waals surface area contributed by atoms with E-state index in [1.165, 1.54) is 7.11 Å². The molecule has 2 aliphatic rings. The second kappa shape index (κ2) is 11.3. The van der Waals surface area contributed by atoms with E-state index in [2.05, 4.69) is 29.6 Å². The first-order valence-electron chi connectivity index (χ1n) is 11.7. The smallest absolute Gasteiger partial charge is 0.407 e. The predicted octanol–water partition coefficient (Wildman–Crippen LogP) is 2.63. The number of carboxylic acid groups (broad SMARTS) is 1. The van der Waals surface area contributed by atoms with Gasteiger partial charge < -0.3 is 29.5 Å². The highest BCUT2D eigenvalue weighted by Crippen LogP contribution is 2.44. The molecule has 2 aromatic carbocycles. The Morgan fingerprint density at radius 1 is 1.11 bits per heavy atom. The number of ether oxygens (including phenoxy) is 3. The molecule has 1 heterocycles. The van der Waals surface area contributed by atoms with Gasteiger partial charge in [-0.2, -0.15) is 0 Å². The van der Waals surface area contributed by atoms with Gasteiger partial charge in [0.05, 0.1) is 19.1 Å². The second-order valence-electron chi connectivity index (χ2n) is 8.64. The number of hydrogen-bond donors (Lipinski definition) is 2. The van der Waals surface area contributed by atoms with Crippen LogP contribution in [0.4, 0.5) is 4.79 Å². The number of fused-ring (bicyclic) bond motifs is 3. The van der Waals surface area contributed by atoms with Crippen LogP contribution in [0.5, 0.6) is 0 Å². The molecule has 2 aromatic rings. The number of aliphatic carboxylic acids is 1. The number of carbonyl (C=O) groups is 3. The van der Waals surface area contributed by atoms with Crippen LogP contribution in [-0.2, 0) is 23.8 Å². The molecule has 9 heteroatoms. The van der Waals surface area contributed by atoms with Crippen LogP contribution < -0.4 is 5.32 Å². The van der Waals surface area contributed by atoms with Gasteiger partial charge in [0.1, 0.15) is 12.7 Å². The van der Waals surface area contributed by atoms with Gasteiger partial charge in [0.15, 0.2) is 0 Å². The largest absolute Gasteiger partial charge is 0.481 e. The monoisotopic (exact) mass is 482 g/mol. The van der Waals surface area contributed by atoms with E-state index in [4.69, 9.17) is 19.3 Å². The lowest BCUT2D eigenvalue weighted by Crippen LogP contribution is -2.50. The molecule has 1 aliphatic heterocycles. The summed E-state index contributed by atoms with van der Waals surface area (Å²) in [6, 6.07) is 16.2. The molecule has 2 atom stereocenters. The zero-order valence-corrected chi connectivity index (χ0v) is 19.6. The first-order chi connectivity index (χ1) is 17.0. The van der Waals surface area contributed by atoms with Crippen molar-refractivity contribution < 1.29 is 33.7 Å². The third-order valence-electron chi connectivity index (χ3n) is 6.43. The molecule has 2 unspecified atom stereocenters. The van der Waals surface area contributed by atoms with Crippen LogP contribution in [0.25, 0.3) is 11.1 Å². The Balaban J connectivity index is 1.25. The summed E-state index contributed by atoms with van der Waals surface area (Å²) >= 11 is 0. The number of morpholine rings is 1. The van der Waals surface area contributed by atoms with Crippen molar-refractivity contribution in [3.63, 3.8) is 0 Å². The predicted molar refractivity (Wildman–Crippen MR) is 127 cm³/mol. The number of carbonyl (C=O) groups excluding carboxylic acids is 2. The maximum atomic E-state index is 12.8. The van der Waals surface area contributed by atoms with Crippen LogP contribution in [0.1, 0.15) is 29.9 Å². The highest BCUT2D eigenvalue weighted by molar-refractivity contribution is 5.81. The van der Waals surface area contributed by atoms with Crippen molar-refractivity contribution in [2.24, 2.45) is 0 Å². The summed E-state index contributed by atoms with van der Waals surface area (Å²) in [6.45, 7) is 1.26. The summed E-state index contributed by atoms with van der Waals surface area (Å²) in [6.07, 6.45) is -1.75. The van der Waals surface area contributed by atoms with Gasteiger partial charge in [0, 0.05) is 39.1 Å². The third-order valence-corrected chi connectivity index (χ3v) is 6.43. The molecular formula is C26H30N2O7. The highest BCUT2D eigenvalue weighted by atomic mass is 16.5. The number of benzene rings is 2. The molecule has 0 saturated carbocycles. The third kappa shape index (κ3) is 5.80. The van der Waals surface area contributed by atoms with Crippen LogP contribution >= 0.6 is 0 Å². The SMILES string of the molecule is COC(CCNC(=O)OCC1c2ccccc2-c2ccccc21)C(=O)N1CCOC(CC(=O)O)C1. The molecule has 4 rings (SSSR count). The fraction of sp³-hybridized carbons (Fsp3) is 0.423. The summed E-state index contributed by atoms with van der Waals surface area (Å²) < 4.78 is 16.3. The van der Waals surface area contributed by atoms with Crippen molar-refractivity contribution in [2.45, 2.75) is 31.0 Å². The summed E-state index contributed by atoms with van der Waals surface area (Å²) in [5, 5.41) is 11.7. The zero-order valence-electron chi connectivity index (χ0n) is 19.6. The first kappa shape index (κ1) is 24.7. The molecule has 0 spiro atoms. The van der Waals surface area contributed by atoms with Crippen LogP contribution in [-0.4, -0.2) is 80.1 Å². The molecule has 186 valence electrons. The van der Waals surface area contributed by atoms with E-state index in [1.54, 1.807) is 4.90 Å². The van der Waals surface area contributed by atoms with E-state index in [0.29, 0.717) is 6.54 Å². The van der Waals surface area contributed by atoms with Gasteiger partial charge in [-0.1, -0.05) is 48.5 Å². The van der Waals surface area contributed by atoms with Crippen LogP contribution in [0.3, 0.4) is 0 Å². The van der Waals surface area contributed by atoms with Gasteiger partial charge in [-0.05, 0) is 22.3 Å². The van der Waals surface area contributed by atoms with Gasteiger partial charge in [-0.3, -0.25) is 9.59 Å². The number of amides is 2. The topological polar surface area (TPSA) is 114 Å². The maximum Gasteiger partial charge on any atom is 0.407 e. The molecule has 1 fully saturated rings. The standard InChI is InChI=1S/C26H30N2O7/c1-33-23(25(31)28-12-13-34-17(15-28)14-24(29)30)10-11-27-26(32)35-16-22-20-8-4-2-6-18(20)19-7-3-5-9-21(19)22/h2-9,17,22-23H,10-16H2,1H3,(H,27,32)(H,29,30). The van der Waals surface area contributed by atoms with Gasteiger partial charge >= 0.3 is 12.1 Å². The highest BCUT2D eigenvalue weighted by Gasteiger charge is 2.31. The van der Waals surface area contributed by atoms with Crippen molar-refractivity contribution in [1.82, 2.24) is 10.2 Å². The number of alkyl carbamates (subject to hydrolysis) is 1. The minimum Gasteiger partial charge on any atom is -0.481 e. The molecule has 0 bridgehead atoms. The molecular weight excluding hydrogens is 452 g/mol. The van der Waals surface area contributed by atoms with E-state index >= 15 is 0 Å². The Kier molecular flexibility index (Phi) is 7.99. The molecule has 0 radical (unpaired) electrons. The normalized spacial score (nSPS) is 17.9. The number of nitrogens with zero attached hydrogens (tertiary/aromatic N) is 1. The molecule has 2 amide bonds. The van der Waals surface area contributed by atoms with Crippen molar-refractivity contribution >= 4 is 18.0 Å². The molecule has 1 aliphatic carbocycles. The Labute approximate surface area is 204 Å². The lowest BCUT2D eigenvalue weighted by molar-refractivity contribution is -0.154. The van der Waals surface area contributed by atoms with Gasteiger partial charge in [0.2, 0.25) is 0 Å². The van der Waals surface area contributed by atoms with E-state index in [9.17, 15) is 14.4 Å². The lowest BCUT2D eigenvalue weighted by atomic mass is 9.98. The minimum absolute atomic E-state index is 0.0264. The zero-order chi connectivity index (χ0) is 24.8. The number of carboxylic acids is 1. The van der Waals surface area contributed by atoms with E-state index in [0.717, 1.165) is 22.3 Å². The number of rotatable bonds is 9. The van der Waals surface area contributed by atoms with Crippen molar-refractivity contribution in [3.05, 3.63) is 59.7 Å². The fourth-order valence-electron chi connectivity index (χ4n) is 4.74. The van der Waals surface area contributed by atoms with Crippen LogP contribution in [0.2, 0.25) is 0 Å². The Morgan fingerprint density at radius 2 is 1.77 bits per heavy atom. The summed E-state index contributed by atoms with van der Waals surface area (Å²) in [5.41, 5.74) is 4.59. The summed E-state index contributed by atoms with van der Waals surface area (Å²) in [5.74, 6) is -1.25. The number of hydrogen-bond acceptors (Lipinski definition) is 6. The Morgan fingerprint density at radius 3 is 2.40 bits per heavy atom. The molecule has 9 nitrogen and oxygen atoms in total. The molecule has 0 aromatic heterocycles. The van der Waals surface area contributed by atoms with E-state index in [-0.39, 0.29) is 51.0 Å². The van der Waals surface area contributed by atoms with E-state index in [1.807, 2.05) is 24.3 Å². The lowest BCUT2D eigenvalue weighted by Gasteiger charge is -2.34. The molecule has 35 heavy (non-hydrogen) atoms. The average molecular weight is 483 g/mol. The first-order valence-corrected chi connectivity index (χ1v) is 11.7.